The quantitative estimate of drug-likeness (QED) is 0.763. The van der Waals surface area contributed by atoms with Crippen molar-refractivity contribution in [1.29, 1.82) is 0 Å². The van der Waals surface area contributed by atoms with Crippen LogP contribution in [-0.4, -0.2) is 0 Å². The summed E-state index contributed by atoms with van der Waals surface area (Å²) in [5.74, 6) is 0.678. The van der Waals surface area contributed by atoms with Crippen LogP contribution in [0.4, 0.5) is 5.69 Å². The summed E-state index contributed by atoms with van der Waals surface area (Å²) < 4.78 is 0. The van der Waals surface area contributed by atoms with Crippen LogP contribution in [0.3, 0.4) is 0 Å². The smallest absolute Gasteiger partial charge is 0.194 e. The van der Waals surface area contributed by atoms with Crippen molar-refractivity contribution in [3.63, 3.8) is 0 Å². The maximum atomic E-state index is 5.96. The predicted octanol–water partition coefficient (Wildman–Crippen LogP) is 3.66. The second-order valence-corrected chi connectivity index (χ2v) is 3.89. The number of anilines is 1. The minimum absolute atomic E-state index is 0.678. The molecule has 1 N–H and O–H groups in total. The number of benzene rings is 2. The van der Waals surface area contributed by atoms with E-state index in [1.165, 1.54) is 0 Å². The molecule has 1 aliphatic rings. The van der Waals surface area contributed by atoms with Crippen molar-refractivity contribution in [3.05, 3.63) is 47.5 Å². The number of rotatable bonds is 1. The Hall–Kier alpha value is -1.71. The van der Waals surface area contributed by atoms with Gasteiger partial charge < -0.3 is 4.89 Å². The molecule has 0 amide bonds. The second kappa shape index (κ2) is 3.70. The van der Waals surface area contributed by atoms with Crippen molar-refractivity contribution < 1.29 is 9.88 Å². The summed E-state index contributed by atoms with van der Waals surface area (Å²) in [5.41, 5.74) is 5.56. The van der Waals surface area contributed by atoms with Gasteiger partial charge in [-0.1, -0.05) is 40.9 Å². The van der Waals surface area contributed by atoms with E-state index in [2.05, 4.69) is 5.48 Å². The van der Waals surface area contributed by atoms with E-state index in [1.807, 2.05) is 42.5 Å². The van der Waals surface area contributed by atoms with Gasteiger partial charge in [0.25, 0.3) is 0 Å². The Morgan fingerprint density at radius 1 is 1.06 bits per heavy atom. The van der Waals surface area contributed by atoms with Gasteiger partial charge in [-0.2, -0.15) is 0 Å². The minimum atomic E-state index is 0.678. The fourth-order valence-electron chi connectivity index (χ4n) is 1.71. The van der Waals surface area contributed by atoms with Crippen molar-refractivity contribution in [2.24, 2.45) is 0 Å². The van der Waals surface area contributed by atoms with Crippen molar-refractivity contribution in [3.8, 4) is 16.9 Å². The van der Waals surface area contributed by atoms with E-state index in [9.17, 15) is 0 Å². The molecule has 4 heteroatoms. The Morgan fingerprint density at radius 3 is 2.81 bits per heavy atom. The Morgan fingerprint density at radius 2 is 1.94 bits per heavy atom. The average Bonchev–Trinajstić information content (AvgIpc) is 2.76. The average molecular weight is 234 g/mol. The Labute approximate surface area is 97.4 Å². The van der Waals surface area contributed by atoms with Gasteiger partial charge in [0.05, 0.1) is 0 Å². The molecule has 2 aromatic carbocycles. The van der Waals surface area contributed by atoms with Gasteiger partial charge in [0, 0.05) is 10.6 Å². The third-order valence-corrected chi connectivity index (χ3v) is 2.67. The Kier molecular flexibility index (Phi) is 2.20. The molecule has 80 valence electrons. The Bertz CT molecular complexity index is 542. The molecule has 0 bridgehead atoms. The van der Waals surface area contributed by atoms with Gasteiger partial charge in [-0.3, -0.25) is 0 Å². The standard InChI is InChI=1S/C12H8ClNO2/c13-9-4-1-3-8(7-9)10-5-2-6-11-12(10)14-16-15-11/h1-7,14H. The van der Waals surface area contributed by atoms with E-state index in [4.69, 9.17) is 21.5 Å². The lowest BCUT2D eigenvalue weighted by Crippen LogP contribution is -1.93. The van der Waals surface area contributed by atoms with Gasteiger partial charge in [0.15, 0.2) is 5.75 Å². The van der Waals surface area contributed by atoms with Crippen molar-refractivity contribution >= 4 is 17.3 Å². The second-order valence-electron chi connectivity index (χ2n) is 3.46. The molecule has 3 nitrogen and oxygen atoms in total. The first-order valence-electron chi connectivity index (χ1n) is 4.83. The highest BCUT2D eigenvalue weighted by atomic mass is 35.5. The van der Waals surface area contributed by atoms with Gasteiger partial charge in [0.1, 0.15) is 5.69 Å². The van der Waals surface area contributed by atoms with Gasteiger partial charge in [0.2, 0.25) is 0 Å². The predicted molar refractivity (Wildman–Crippen MR) is 62.2 cm³/mol. The zero-order valence-corrected chi connectivity index (χ0v) is 8.99. The lowest BCUT2D eigenvalue weighted by Gasteiger charge is -2.05. The van der Waals surface area contributed by atoms with Crippen molar-refractivity contribution in [2.75, 3.05) is 5.48 Å². The molecule has 16 heavy (non-hydrogen) atoms. The summed E-state index contributed by atoms with van der Waals surface area (Å²) in [6, 6.07) is 13.4. The lowest BCUT2D eigenvalue weighted by molar-refractivity contribution is -0.160. The summed E-state index contributed by atoms with van der Waals surface area (Å²) in [4.78, 5) is 9.67. The summed E-state index contributed by atoms with van der Waals surface area (Å²) in [7, 11) is 0. The molecule has 0 saturated carbocycles. The van der Waals surface area contributed by atoms with Crippen LogP contribution in [0.5, 0.6) is 5.75 Å². The van der Waals surface area contributed by atoms with E-state index in [-0.39, 0.29) is 0 Å². The molecule has 2 aromatic rings. The Balaban J connectivity index is 2.17. The number of halogens is 1. The number of para-hydroxylation sites is 1. The minimum Gasteiger partial charge on any atom is -0.312 e. The SMILES string of the molecule is Clc1cccc(-c2cccc3c2NOO3)c1. The van der Waals surface area contributed by atoms with E-state index in [0.29, 0.717) is 10.8 Å². The zero-order valence-electron chi connectivity index (χ0n) is 8.24. The normalized spacial score (nSPS) is 12.8. The molecule has 3 rings (SSSR count). The molecule has 1 heterocycles. The molecule has 0 atom stereocenters. The molecule has 0 aromatic heterocycles. The highest BCUT2D eigenvalue weighted by Gasteiger charge is 2.17. The van der Waals surface area contributed by atoms with Crippen LogP contribution in [0.1, 0.15) is 0 Å². The first-order chi connectivity index (χ1) is 7.84. The van der Waals surface area contributed by atoms with Crippen LogP contribution in [0, 0.1) is 0 Å². The highest BCUT2D eigenvalue weighted by molar-refractivity contribution is 6.30. The zero-order chi connectivity index (χ0) is 11.0. The molecule has 1 aliphatic heterocycles. The number of hydrogen-bond acceptors (Lipinski definition) is 3. The monoisotopic (exact) mass is 233 g/mol. The highest BCUT2D eigenvalue weighted by Crippen LogP contribution is 2.39. The summed E-state index contributed by atoms with van der Waals surface area (Å²) in [5, 5.41) is 0.704. The van der Waals surface area contributed by atoms with Crippen LogP contribution >= 0.6 is 11.6 Å². The fourth-order valence-corrected chi connectivity index (χ4v) is 1.90. The van der Waals surface area contributed by atoms with Crippen LogP contribution in [0.25, 0.3) is 11.1 Å². The summed E-state index contributed by atoms with van der Waals surface area (Å²) in [6.07, 6.45) is 0. The van der Waals surface area contributed by atoms with Crippen LogP contribution < -0.4 is 10.4 Å². The summed E-state index contributed by atoms with van der Waals surface area (Å²) in [6.45, 7) is 0. The van der Waals surface area contributed by atoms with Gasteiger partial charge >= 0.3 is 0 Å². The topological polar surface area (TPSA) is 30.5 Å². The molecular formula is C12H8ClNO2. The fraction of sp³-hybridized carbons (Fsp3) is 0. The molecular weight excluding hydrogens is 226 g/mol. The van der Waals surface area contributed by atoms with E-state index < -0.39 is 0 Å². The van der Waals surface area contributed by atoms with Gasteiger partial charge in [-0.05, 0) is 23.8 Å². The van der Waals surface area contributed by atoms with Crippen LogP contribution in [0.2, 0.25) is 5.02 Å². The maximum Gasteiger partial charge on any atom is 0.194 e. The van der Waals surface area contributed by atoms with Crippen LogP contribution in [0.15, 0.2) is 42.5 Å². The maximum absolute atomic E-state index is 5.96. The molecule has 0 radical (unpaired) electrons. The molecule has 0 unspecified atom stereocenters. The lowest BCUT2D eigenvalue weighted by atomic mass is 10.0. The number of hydrogen-bond donors (Lipinski definition) is 1. The number of fused-ring (bicyclic) bond motifs is 1. The molecule has 0 spiro atoms. The van der Waals surface area contributed by atoms with Gasteiger partial charge in [-0.25, -0.2) is 5.48 Å². The van der Waals surface area contributed by atoms with Crippen molar-refractivity contribution in [1.82, 2.24) is 0 Å². The third-order valence-electron chi connectivity index (χ3n) is 2.44. The largest absolute Gasteiger partial charge is 0.312 e. The first kappa shape index (κ1) is 9.51. The van der Waals surface area contributed by atoms with Crippen molar-refractivity contribution in [2.45, 2.75) is 0 Å². The van der Waals surface area contributed by atoms with Gasteiger partial charge in [-0.15, -0.1) is 0 Å². The van der Waals surface area contributed by atoms with E-state index in [1.54, 1.807) is 0 Å². The van der Waals surface area contributed by atoms with E-state index >= 15 is 0 Å². The number of nitrogens with one attached hydrogen (secondary N) is 1. The van der Waals surface area contributed by atoms with E-state index in [0.717, 1.165) is 16.8 Å². The third kappa shape index (κ3) is 1.50. The summed E-state index contributed by atoms with van der Waals surface area (Å²) >= 11 is 5.96. The first-order valence-corrected chi connectivity index (χ1v) is 5.21. The molecule has 0 fully saturated rings. The molecule has 0 saturated heterocycles. The van der Waals surface area contributed by atoms with Crippen LogP contribution in [-0.2, 0) is 4.99 Å². The molecule has 0 aliphatic carbocycles.